The van der Waals surface area contributed by atoms with Crippen molar-refractivity contribution in [2.75, 3.05) is 4.90 Å². The summed E-state index contributed by atoms with van der Waals surface area (Å²) in [6.45, 7) is 0. The van der Waals surface area contributed by atoms with Gasteiger partial charge >= 0.3 is 0 Å². The molecule has 1 aromatic heterocycles. The van der Waals surface area contributed by atoms with Crippen LogP contribution in [0, 0.1) is 0 Å². The zero-order chi connectivity index (χ0) is 36.0. The minimum Gasteiger partial charge on any atom is -0.454 e. The lowest BCUT2D eigenvalue weighted by atomic mass is 9.98. The van der Waals surface area contributed by atoms with Crippen LogP contribution in [0.4, 0.5) is 17.1 Å². The van der Waals surface area contributed by atoms with Crippen molar-refractivity contribution in [2.24, 2.45) is 0 Å². The molecule has 0 saturated heterocycles. The molecular weight excluding hydrogens is 534 g/mol. The Kier molecular flexibility index (Phi) is 4.02. The normalized spacial score (nSPS) is 14.2. The van der Waals surface area contributed by atoms with E-state index in [9.17, 15) is 2.74 Å². The first-order valence-electron chi connectivity index (χ1n) is 18.4. The van der Waals surface area contributed by atoms with E-state index in [0.717, 1.165) is 32.7 Å². The van der Waals surface area contributed by atoms with E-state index in [1.54, 1.807) is 4.90 Å². The Morgan fingerprint density at radius 2 is 1.23 bits per heavy atom. The minimum atomic E-state index is -0.490. The lowest BCUT2D eigenvalue weighted by molar-refractivity contribution is 0.669. The molecule has 0 fully saturated rings. The third-order valence-corrected chi connectivity index (χ3v) is 8.24. The van der Waals surface area contributed by atoms with Crippen LogP contribution in [0.3, 0.4) is 0 Å². The van der Waals surface area contributed by atoms with E-state index in [4.69, 9.17) is 12.6 Å². The molecule has 0 aliphatic carbocycles. The maximum atomic E-state index is 9.73. The molecule has 206 valence electrons. The molecule has 0 radical (unpaired) electrons. The molecule has 9 rings (SSSR count). The molecule has 0 saturated carbocycles. The monoisotopic (exact) mass is 569 g/mol. The van der Waals surface area contributed by atoms with Gasteiger partial charge in [-0.25, -0.2) is 0 Å². The van der Waals surface area contributed by atoms with Gasteiger partial charge in [-0.2, -0.15) is 0 Å². The maximum absolute atomic E-state index is 9.73. The van der Waals surface area contributed by atoms with Crippen molar-refractivity contribution in [3.63, 3.8) is 0 Å². The number of nitrogens with zero attached hydrogens (tertiary/aromatic N) is 1. The van der Waals surface area contributed by atoms with E-state index < -0.39 is 18.1 Å². The van der Waals surface area contributed by atoms with Gasteiger partial charge in [-0.05, 0) is 74.4 Å². The molecule has 0 amide bonds. The molecule has 0 spiro atoms. The number of benzene rings is 8. The standard InChI is InChI=1S/C42H27NO/c1-2-11-30-26-31(21-20-28(30)10-1)29-22-24-33(25-23-29)43(39-18-9-17-38-37-16-7-8-19-41(37)44-42(38)39)40-27-32-12-3-4-13-34(32)35-14-5-6-15-36(35)40/h1-27H/i3D,4D,5D,6D,12D,13D,15D,27D. The van der Waals surface area contributed by atoms with Gasteiger partial charge in [0.05, 0.1) is 22.3 Å². The van der Waals surface area contributed by atoms with Gasteiger partial charge < -0.3 is 9.32 Å². The molecule has 44 heavy (non-hydrogen) atoms. The van der Waals surface area contributed by atoms with Crippen LogP contribution in [0.5, 0.6) is 0 Å². The second-order valence-corrected chi connectivity index (χ2v) is 10.7. The predicted molar refractivity (Wildman–Crippen MR) is 186 cm³/mol. The lowest BCUT2D eigenvalue weighted by Gasteiger charge is -2.27. The summed E-state index contributed by atoms with van der Waals surface area (Å²) in [7, 11) is 0. The van der Waals surface area contributed by atoms with Crippen LogP contribution in [-0.2, 0) is 0 Å². The van der Waals surface area contributed by atoms with Crippen LogP contribution in [0.15, 0.2) is 168 Å². The first kappa shape index (κ1) is 17.9. The average Bonchev–Trinajstić information content (AvgIpc) is 3.55. The Morgan fingerprint density at radius 3 is 2.16 bits per heavy atom. The Balaban J connectivity index is 1.40. The van der Waals surface area contributed by atoms with E-state index in [0.29, 0.717) is 22.5 Å². The topological polar surface area (TPSA) is 16.4 Å². The zero-order valence-electron chi connectivity index (χ0n) is 31.3. The van der Waals surface area contributed by atoms with Crippen LogP contribution in [0.2, 0.25) is 0 Å². The molecule has 0 aliphatic rings. The highest BCUT2D eigenvalue weighted by atomic mass is 16.3. The van der Waals surface area contributed by atoms with Gasteiger partial charge in [-0.15, -0.1) is 0 Å². The molecule has 8 aromatic carbocycles. The minimum absolute atomic E-state index is 0.0327. The number of furan rings is 1. The molecule has 0 aliphatic heterocycles. The van der Waals surface area contributed by atoms with E-state index in [1.807, 2.05) is 78.9 Å². The third-order valence-electron chi connectivity index (χ3n) is 8.24. The molecule has 0 atom stereocenters. The van der Waals surface area contributed by atoms with E-state index >= 15 is 0 Å². The van der Waals surface area contributed by atoms with Gasteiger partial charge in [-0.1, -0.05) is 127 Å². The van der Waals surface area contributed by atoms with Crippen molar-refractivity contribution >= 4 is 71.3 Å². The van der Waals surface area contributed by atoms with Crippen molar-refractivity contribution < 1.29 is 15.4 Å². The number of fused-ring (bicyclic) bond motifs is 7. The summed E-state index contributed by atoms with van der Waals surface area (Å²) in [5, 5.41) is 4.26. The fraction of sp³-hybridized carbons (Fsp3) is 0. The third kappa shape index (κ3) is 3.89. The molecular formula is C42H27NO. The quantitative estimate of drug-likeness (QED) is 0.196. The predicted octanol–water partition coefficient (Wildman–Crippen LogP) is 12.2. The Morgan fingerprint density at radius 1 is 0.477 bits per heavy atom. The van der Waals surface area contributed by atoms with Crippen LogP contribution >= 0.6 is 0 Å². The van der Waals surface area contributed by atoms with Crippen molar-refractivity contribution in [2.45, 2.75) is 0 Å². The second-order valence-electron chi connectivity index (χ2n) is 10.7. The molecule has 1 heterocycles. The number of anilines is 3. The second kappa shape index (κ2) is 9.86. The Bertz CT molecular complexity index is 2950. The molecule has 0 bridgehead atoms. The van der Waals surface area contributed by atoms with Crippen LogP contribution in [-0.4, -0.2) is 0 Å². The summed E-state index contributed by atoms with van der Waals surface area (Å²) in [4.78, 5) is 1.78. The highest BCUT2D eigenvalue weighted by molar-refractivity contribution is 6.16. The van der Waals surface area contributed by atoms with Gasteiger partial charge in [0.1, 0.15) is 5.58 Å². The Hall–Kier alpha value is -5.86. The summed E-state index contributed by atoms with van der Waals surface area (Å²) >= 11 is 0. The Labute approximate surface area is 266 Å². The van der Waals surface area contributed by atoms with Gasteiger partial charge in [-0.3, -0.25) is 0 Å². The van der Waals surface area contributed by atoms with Crippen LogP contribution in [0.1, 0.15) is 11.0 Å². The van der Waals surface area contributed by atoms with Crippen molar-refractivity contribution in [3.8, 4) is 11.1 Å². The lowest BCUT2D eigenvalue weighted by Crippen LogP contribution is -2.11. The number of rotatable bonds is 4. The fourth-order valence-corrected chi connectivity index (χ4v) is 6.16. The summed E-state index contributed by atoms with van der Waals surface area (Å²) in [6.07, 6.45) is 0. The SMILES string of the molecule is [2H]c1cc2c(c([2H])c1[2H])c(N(c1ccc(-c3ccc4ccccc4c3)cc1)c1cccc3c1oc1ccccc13)c([2H])c1c([2H])c([2H])c([2H])c([2H])c12. The van der Waals surface area contributed by atoms with E-state index in [-0.39, 0.29) is 57.4 Å². The average molecular weight is 570 g/mol. The van der Waals surface area contributed by atoms with Crippen molar-refractivity contribution in [1.82, 2.24) is 0 Å². The summed E-state index contributed by atoms with van der Waals surface area (Å²) in [5.74, 6) is 0. The summed E-state index contributed by atoms with van der Waals surface area (Å²) < 4.78 is 77.4. The highest BCUT2D eigenvalue weighted by Crippen LogP contribution is 2.46. The maximum Gasteiger partial charge on any atom is 0.159 e. The summed E-state index contributed by atoms with van der Waals surface area (Å²) in [6, 6.07) is 34.0. The van der Waals surface area contributed by atoms with Gasteiger partial charge in [0.25, 0.3) is 0 Å². The fourth-order valence-electron chi connectivity index (χ4n) is 6.16. The molecule has 0 unspecified atom stereocenters. The van der Waals surface area contributed by atoms with E-state index in [1.165, 1.54) is 6.07 Å². The van der Waals surface area contributed by atoms with Crippen molar-refractivity contribution in [1.29, 1.82) is 0 Å². The largest absolute Gasteiger partial charge is 0.454 e. The van der Waals surface area contributed by atoms with E-state index in [2.05, 4.69) is 30.3 Å². The number of hydrogen-bond donors (Lipinski definition) is 0. The van der Waals surface area contributed by atoms with Gasteiger partial charge in [0.2, 0.25) is 0 Å². The summed E-state index contributed by atoms with van der Waals surface area (Å²) in [5.41, 5.74) is 4.40. The molecule has 2 heteroatoms. The first-order chi connectivity index (χ1) is 25.1. The number of para-hydroxylation sites is 2. The first-order valence-corrected chi connectivity index (χ1v) is 14.4. The number of hydrogen-bond acceptors (Lipinski definition) is 2. The van der Waals surface area contributed by atoms with Crippen molar-refractivity contribution in [3.05, 3.63) is 164 Å². The van der Waals surface area contributed by atoms with Crippen LogP contribution in [0.25, 0.3) is 65.4 Å². The van der Waals surface area contributed by atoms with Gasteiger partial charge in [0.15, 0.2) is 5.58 Å². The highest BCUT2D eigenvalue weighted by Gasteiger charge is 2.22. The molecule has 2 nitrogen and oxygen atoms in total. The van der Waals surface area contributed by atoms with Crippen LogP contribution < -0.4 is 4.90 Å². The van der Waals surface area contributed by atoms with Gasteiger partial charge in [0, 0.05) is 21.8 Å². The zero-order valence-corrected chi connectivity index (χ0v) is 23.3. The molecule has 9 aromatic rings. The molecule has 0 N–H and O–H groups in total. The smallest absolute Gasteiger partial charge is 0.159 e.